The topological polar surface area (TPSA) is 27.7 Å². The summed E-state index contributed by atoms with van der Waals surface area (Å²) in [4.78, 5) is 0. The molecule has 0 amide bonds. The quantitative estimate of drug-likeness (QED) is 0.644. The minimum absolute atomic E-state index is 0.238. The number of hydrogen-bond donors (Lipinski definition) is 0. The fourth-order valence-electron chi connectivity index (χ4n) is 3.45. The first-order valence-corrected chi connectivity index (χ1v) is 9.35. The molecule has 1 fully saturated rings. The Morgan fingerprint density at radius 2 is 1.43 bits per heavy atom. The van der Waals surface area contributed by atoms with Crippen molar-refractivity contribution in [3.05, 3.63) is 48.5 Å². The maximum absolute atomic E-state index is 12.3. The number of rotatable bonds is 5. The highest BCUT2D eigenvalue weighted by atomic mass is 19.4. The van der Waals surface area contributed by atoms with E-state index in [9.17, 15) is 13.2 Å². The van der Waals surface area contributed by atoms with Crippen LogP contribution in [0, 0.1) is 0 Å². The zero-order chi connectivity index (χ0) is 20.6. The number of alkyl halides is 3. The molecule has 0 N–H and O–H groups in total. The second-order valence-electron chi connectivity index (χ2n) is 7.75. The van der Waals surface area contributed by atoms with Gasteiger partial charge in [0.2, 0.25) is 0 Å². The van der Waals surface area contributed by atoms with Gasteiger partial charge in [-0.2, -0.15) is 0 Å². The van der Waals surface area contributed by atoms with Gasteiger partial charge in [0, 0.05) is 0 Å². The van der Waals surface area contributed by atoms with Gasteiger partial charge in [0.05, 0.1) is 11.2 Å². The van der Waals surface area contributed by atoms with Crippen LogP contribution in [0.5, 0.6) is 5.75 Å². The lowest BCUT2D eigenvalue weighted by Crippen LogP contribution is -2.44. The summed E-state index contributed by atoms with van der Waals surface area (Å²) in [5, 5.41) is 0. The van der Waals surface area contributed by atoms with E-state index in [0.717, 1.165) is 29.4 Å². The van der Waals surface area contributed by atoms with Crippen LogP contribution in [-0.2, 0) is 9.31 Å². The van der Waals surface area contributed by atoms with E-state index >= 15 is 0 Å². The number of benzene rings is 2. The third-order valence-corrected chi connectivity index (χ3v) is 5.37. The van der Waals surface area contributed by atoms with Crippen LogP contribution in [0.15, 0.2) is 48.5 Å². The van der Waals surface area contributed by atoms with Gasteiger partial charge < -0.3 is 14.0 Å². The van der Waals surface area contributed by atoms with E-state index in [4.69, 9.17) is 9.31 Å². The second kappa shape index (κ2) is 7.45. The number of ether oxygens (including phenoxy) is 1. The maximum atomic E-state index is 12.3. The van der Waals surface area contributed by atoms with E-state index in [1.807, 2.05) is 38.1 Å². The van der Waals surface area contributed by atoms with Crippen LogP contribution in [0.4, 0.5) is 13.2 Å². The van der Waals surface area contributed by atoms with Gasteiger partial charge in [-0.05, 0) is 55.9 Å². The number of hydrogen-bond acceptors (Lipinski definition) is 3. The molecular weight excluding hydrogens is 368 g/mol. The molecular formula is C21H24BF3O3. The molecule has 1 aliphatic rings. The Morgan fingerprint density at radius 3 is 1.93 bits per heavy atom. The first-order valence-electron chi connectivity index (χ1n) is 9.35. The van der Waals surface area contributed by atoms with Crippen LogP contribution in [0.2, 0.25) is 0 Å². The predicted octanol–water partition coefficient (Wildman–Crippen LogP) is 5.33. The summed E-state index contributed by atoms with van der Waals surface area (Å²) in [5.74, 6) is -0.238. The molecule has 0 radical (unpaired) electrons. The second-order valence-corrected chi connectivity index (χ2v) is 7.75. The highest BCUT2D eigenvalue weighted by Crippen LogP contribution is 2.40. The van der Waals surface area contributed by atoms with E-state index in [1.54, 1.807) is 12.1 Å². The third kappa shape index (κ3) is 4.36. The summed E-state index contributed by atoms with van der Waals surface area (Å²) < 4.78 is 53.1. The van der Waals surface area contributed by atoms with Crippen molar-refractivity contribution in [2.24, 2.45) is 0 Å². The van der Waals surface area contributed by atoms with Crippen LogP contribution in [-0.4, -0.2) is 24.7 Å². The molecule has 1 saturated heterocycles. The van der Waals surface area contributed by atoms with Crippen molar-refractivity contribution in [3.8, 4) is 16.9 Å². The van der Waals surface area contributed by atoms with E-state index in [1.165, 1.54) is 12.1 Å². The van der Waals surface area contributed by atoms with Gasteiger partial charge in [-0.15, -0.1) is 13.2 Å². The summed E-state index contributed by atoms with van der Waals surface area (Å²) >= 11 is 0. The Labute approximate surface area is 163 Å². The van der Waals surface area contributed by atoms with Gasteiger partial charge in [0.15, 0.2) is 0 Å². The van der Waals surface area contributed by atoms with E-state index in [-0.39, 0.29) is 11.4 Å². The molecule has 3 nitrogen and oxygen atoms in total. The lowest BCUT2D eigenvalue weighted by atomic mass is 9.78. The van der Waals surface area contributed by atoms with Gasteiger partial charge in [-0.25, -0.2) is 0 Å². The average molecular weight is 392 g/mol. The summed E-state index contributed by atoms with van der Waals surface area (Å²) in [6, 6.07) is 13.5. The maximum Gasteiger partial charge on any atom is 0.573 e. The standard InChI is InChI=1S/C21H24BF3O3/c1-5-14-20(4)19(2,3)27-22(28-20)17-10-6-15(7-11-17)16-8-12-18(13-9-16)26-21(23,24)25/h6-13H,5,14H2,1-4H3. The zero-order valence-electron chi connectivity index (χ0n) is 16.5. The summed E-state index contributed by atoms with van der Waals surface area (Å²) in [5.41, 5.74) is 1.83. The number of halogens is 3. The lowest BCUT2D eigenvalue weighted by Gasteiger charge is -2.36. The molecule has 3 rings (SSSR count). The molecule has 28 heavy (non-hydrogen) atoms. The van der Waals surface area contributed by atoms with Crippen LogP contribution < -0.4 is 10.2 Å². The zero-order valence-corrected chi connectivity index (χ0v) is 16.5. The largest absolute Gasteiger partial charge is 0.573 e. The van der Waals surface area contributed by atoms with Crippen LogP contribution in [0.3, 0.4) is 0 Å². The minimum atomic E-state index is -4.69. The van der Waals surface area contributed by atoms with Gasteiger partial charge in [0.25, 0.3) is 0 Å². The fourth-order valence-corrected chi connectivity index (χ4v) is 3.45. The molecule has 0 spiro atoms. The fraction of sp³-hybridized carbons (Fsp3) is 0.429. The highest BCUT2D eigenvalue weighted by Gasteiger charge is 2.53. The molecule has 0 aromatic heterocycles. The molecule has 0 bridgehead atoms. The van der Waals surface area contributed by atoms with Gasteiger partial charge >= 0.3 is 13.5 Å². The smallest absolute Gasteiger partial charge is 0.406 e. The van der Waals surface area contributed by atoms with Crippen molar-refractivity contribution in [1.29, 1.82) is 0 Å². The normalized spacial score (nSPS) is 21.8. The third-order valence-electron chi connectivity index (χ3n) is 5.37. The molecule has 2 aromatic carbocycles. The van der Waals surface area contributed by atoms with Gasteiger partial charge in [0.1, 0.15) is 5.75 Å². The predicted molar refractivity (Wildman–Crippen MR) is 104 cm³/mol. The Morgan fingerprint density at radius 1 is 0.893 bits per heavy atom. The molecule has 0 saturated carbocycles. The van der Waals surface area contributed by atoms with Crippen molar-refractivity contribution in [2.75, 3.05) is 0 Å². The summed E-state index contributed by atoms with van der Waals surface area (Å²) in [7, 11) is -0.442. The molecule has 0 aliphatic carbocycles. The molecule has 1 unspecified atom stereocenters. The Bertz CT molecular complexity index is 803. The average Bonchev–Trinajstić information content (AvgIpc) is 2.84. The molecule has 150 valence electrons. The summed E-state index contributed by atoms with van der Waals surface area (Å²) in [6.07, 6.45) is -2.78. The molecule has 7 heteroatoms. The summed E-state index contributed by atoms with van der Waals surface area (Å²) in [6.45, 7) is 8.29. The van der Waals surface area contributed by atoms with Crippen molar-refractivity contribution in [3.63, 3.8) is 0 Å². The van der Waals surface area contributed by atoms with Crippen molar-refractivity contribution in [1.82, 2.24) is 0 Å². The Balaban J connectivity index is 1.74. The molecule has 1 heterocycles. The first kappa shape index (κ1) is 20.7. The van der Waals surface area contributed by atoms with Crippen molar-refractivity contribution < 1.29 is 27.2 Å². The van der Waals surface area contributed by atoms with E-state index in [2.05, 4.69) is 18.6 Å². The molecule has 2 aromatic rings. The van der Waals surface area contributed by atoms with Gasteiger partial charge in [-0.3, -0.25) is 0 Å². The SMILES string of the molecule is CCCC1(C)OB(c2ccc(-c3ccc(OC(F)(F)F)cc3)cc2)OC1(C)C. The van der Waals surface area contributed by atoms with Crippen LogP contribution in [0.25, 0.3) is 11.1 Å². The minimum Gasteiger partial charge on any atom is -0.406 e. The van der Waals surface area contributed by atoms with E-state index in [0.29, 0.717) is 0 Å². The lowest BCUT2D eigenvalue weighted by molar-refractivity contribution is -0.274. The first-order chi connectivity index (χ1) is 13.0. The van der Waals surface area contributed by atoms with Crippen LogP contribution >= 0.6 is 0 Å². The van der Waals surface area contributed by atoms with Crippen molar-refractivity contribution in [2.45, 2.75) is 58.1 Å². The molecule has 1 atom stereocenters. The Kier molecular flexibility index (Phi) is 5.52. The molecule has 1 aliphatic heterocycles. The Hall–Kier alpha value is -1.99. The van der Waals surface area contributed by atoms with Crippen molar-refractivity contribution >= 4 is 12.6 Å². The monoisotopic (exact) mass is 392 g/mol. The highest BCUT2D eigenvalue weighted by molar-refractivity contribution is 6.62. The van der Waals surface area contributed by atoms with Gasteiger partial charge in [-0.1, -0.05) is 49.7 Å². The van der Waals surface area contributed by atoms with Crippen LogP contribution in [0.1, 0.15) is 40.5 Å². The van der Waals surface area contributed by atoms with E-state index < -0.39 is 19.1 Å².